The molecule has 1 unspecified atom stereocenters. The van der Waals surface area contributed by atoms with Crippen LogP contribution in [0.1, 0.15) is 23.2 Å². The number of para-hydroxylation sites is 1. The Morgan fingerprint density at radius 3 is 2.54 bits per heavy atom. The fourth-order valence-corrected chi connectivity index (χ4v) is 3.90. The maximum atomic E-state index is 12.9. The predicted molar refractivity (Wildman–Crippen MR) is 108 cm³/mol. The standard InChI is InChI=1S/C23H22N2O3/c26-21-12-14-24(20-11-5-4-10-19(20)21)16-22(27)25-13-6-9-18(15-25)23(28)17-7-2-1-3-8-17/h1-5,7-8,10-12,14,18H,6,9,13,15-16H2. The first kappa shape index (κ1) is 18.2. The van der Waals surface area contributed by atoms with Crippen LogP contribution >= 0.6 is 0 Å². The third-order valence-electron chi connectivity index (χ3n) is 5.39. The van der Waals surface area contributed by atoms with Gasteiger partial charge >= 0.3 is 0 Å². The van der Waals surface area contributed by atoms with E-state index in [-0.39, 0.29) is 29.6 Å². The minimum atomic E-state index is -0.161. The summed E-state index contributed by atoms with van der Waals surface area (Å²) in [5, 5.41) is 0.605. The SMILES string of the molecule is O=C(c1ccccc1)C1CCCN(C(=O)Cn2ccc(=O)c3ccccc32)C1. The van der Waals surface area contributed by atoms with Crippen molar-refractivity contribution in [2.24, 2.45) is 5.92 Å². The fraction of sp³-hybridized carbons (Fsp3) is 0.261. The maximum absolute atomic E-state index is 12.9. The lowest BCUT2D eigenvalue weighted by atomic mass is 9.90. The Kier molecular flexibility index (Phi) is 5.06. The van der Waals surface area contributed by atoms with E-state index in [4.69, 9.17) is 0 Å². The summed E-state index contributed by atoms with van der Waals surface area (Å²) in [6, 6.07) is 18.1. The number of fused-ring (bicyclic) bond motifs is 1. The number of hydrogen-bond donors (Lipinski definition) is 0. The zero-order valence-corrected chi connectivity index (χ0v) is 15.6. The van der Waals surface area contributed by atoms with Gasteiger partial charge in [0.2, 0.25) is 5.91 Å². The Bertz CT molecular complexity index is 1070. The van der Waals surface area contributed by atoms with Crippen molar-refractivity contribution in [1.29, 1.82) is 0 Å². The molecule has 4 rings (SSSR count). The molecular formula is C23H22N2O3. The van der Waals surface area contributed by atoms with Gasteiger partial charge in [0.1, 0.15) is 6.54 Å². The second kappa shape index (κ2) is 7.80. The first-order chi connectivity index (χ1) is 13.6. The van der Waals surface area contributed by atoms with Gasteiger partial charge in [0.25, 0.3) is 0 Å². The minimum absolute atomic E-state index is 0.0284. The number of pyridine rings is 1. The number of nitrogens with zero attached hydrogens (tertiary/aromatic N) is 2. The van der Waals surface area contributed by atoms with Crippen LogP contribution in [0.4, 0.5) is 0 Å². The number of carbonyl (C=O) groups excluding carboxylic acids is 2. The third-order valence-corrected chi connectivity index (χ3v) is 5.39. The normalized spacial score (nSPS) is 16.9. The maximum Gasteiger partial charge on any atom is 0.242 e. The smallest absolute Gasteiger partial charge is 0.242 e. The van der Waals surface area contributed by atoms with E-state index in [0.717, 1.165) is 18.4 Å². The number of benzene rings is 2. The molecule has 1 aromatic heterocycles. The van der Waals surface area contributed by atoms with Gasteiger partial charge in [0, 0.05) is 42.2 Å². The third kappa shape index (κ3) is 3.60. The van der Waals surface area contributed by atoms with Crippen molar-refractivity contribution in [3.8, 4) is 0 Å². The molecule has 0 spiro atoms. The van der Waals surface area contributed by atoms with Gasteiger partial charge in [-0.25, -0.2) is 0 Å². The summed E-state index contributed by atoms with van der Waals surface area (Å²) in [6.45, 7) is 1.27. The van der Waals surface area contributed by atoms with Gasteiger partial charge in [0.05, 0.1) is 5.52 Å². The summed E-state index contributed by atoms with van der Waals surface area (Å²) in [4.78, 5) is 39.5. The second-order valence-corrected chi connectivity index (χ2v) is 7.23. The molecule has 0 bridgehead atoms. The number of ketones is 1. The van der Waals surface area contributed by atoms with Gasteiger partial charge in [0.15, 0.2) is 11.2 Å². The molecule has 1 aliphatic rings. The molecule has 2 heterocycles. The highest BCUT2D eigenvalue weighted by Crippen LogP contribution is 2.21. The molecule has 1 fully saturated rings. The van der Waals surface area contributed by atoms with Crippen LogP contribution in [0.5, 0.6) is 0 Å². The highest BCUT2D eigenvalue weighted by Gasteiger charge is 2.29. The van der Waals surface area contributed by atoms with E-state index in [9.17, 15) is 14.4 Å². The first-order valence-corrected chi connectivity index (χ1v) is 9.59. The van der Waals surface area contributed by atoms with E-state index >= 15 is 0 Å². The number of aromatic nitrogens is 1. The summed E-state index contributed by atoms with van der Waals surface area (Å²) in [7, 11) is 0. The molecular weight excluding hydrogens is 352 g/mol. The Hall–Kier alpha value is -3.21. The van der Waals surface area contributed by atoms with Gasteiger partial charge in [-0.3, -0.25) is 14.4 Å². The van der Waals surface area contributed by atoms with Gasteiger partial charge in [-0.2, -0.15) is 0 Å². The average molecular weight is 374 g/mol. The lowest BCUT2D eigenvalue weighted by Gasteiger charge is -2.32. The molecule has 3 aromatic rings. The molecule has 5 heteroatoms. The molecule has 0 saturated carbocycles. The molecule has 28 heavy (non-hydrogen) atoms. The number of hydrogen-bond acceptors (Lipinski definition) is 3. The molecule has 1 amide bonds. The van der Waals surface area contributed by atoms with Crippen LogP contribution in [0.15, 0.2) is 71.7 Å². The molecule has 1 atom stereocenters. The topological polar surface area (TPSA) is 59.4 Å². The summed E-state index contributed by atoms with van der Waals surface area (Å²) >= 11 is 0. The van der Waals surface area contributed by atoms with E-state index in [1.165, 1.54) is 6.07 Å². The number of rotatable bonds is 4. The van der Waals surface area contributed by atoms with Crippen LogP contribution in [0.25, 0.3) is 10.9 Å². The Morgan fingerprint density at radius 2 is 1.71 bits per heavy atom. The summed E-state index contributed by atoms with van der Waals surface area (Å²) in [5.41, 5.74) is 1.40. The van der Waals surface area contributed by atoms with Crippen molar-refractivity contribution in [2.45, 2.75) is 19.4 Å². The van der Waals surface area contributed by atoms with Crippen LogP contribution in [0.2, 0.25) is 0 Å². The number of carbonyl (C=O) groups is 2. The van der Waals surface area contributed by atoms with Crippen molar-refractivity contribution in [1.82, 2.24) is 9.47 Å². The monoisotopic (exact) mass is 374 g/mol. The highest BCUT2D eigenvalue weighted by atomic mass is 16.2. The van der Waals surface area contributed by atoms with E-state index in [1.54, 1.807) is 17.2 Å². The van der Waals surface area contributed by atoms with Crippen LogP contribution in [0, 0.1) is 5.92 Å². The van der Waals surface area contributed by atoms with Gasteiger partial charge in [-0.15, -0.1) is 0 Å². The van der Waals surface area contributed by atoms with Crippen LogP contribution in [-0.4, -0.2) is 34.2 Å². The Morgan fingerprint density at radius 1 is 0.964 bits per heavy atom. The Labute approximate surface area is 163 Å². The van der Waals surface area contributed by atoms with Crippen molar-refractivity contribution in [2.75, 3.05) is 13.1 Å². The lowest BCUT2D eigenvalue weighted by Crippen LogP contribution is -2.43. The van der Waals surface area contributed by atoms with Gasteiger partial charge in [-0.05, 0) is 25.0 Å². The number of piperidine rings is 1. The second-order valence-electron chi connectivity index (χ2n) is 7.23. The highest BCUT2D eigenvalue weighted by molar-refractivity contribution is 5.98. The molecule has 1 aliphatic heterocycles. The number of likely N-dealkylation sites (tertiary alicyclic amines) is 1. The summed E-state index contributed by atoms with van der Waals surface area (Å²) in [6.07, 6.45) is 3.29. The van der Waals surface area contributed by atoms with E-state index in [0.29, 0.717) is 24.0 Å². The summed E-state index contributed by atoms with van der Waals surface area (Å²) < 4.78 is 1.81. The van der Waals surface area contributed by atoms with Crippen molar-refractivity contribution < 1.29 is 9.59 Å². The summed E-state index contributed by atoms with van der Waals surface area (Å²) in [5.74, 6) is -0.0860. The molecule has 0 N–H and O–H groups in total. The van der Waals surface area contributed by atoms with Crippen molar-refractivity contribution in [3.63, 3.8) is 0 Å². The lowest BCUT2D eigenvalue weighted by molar-refractivity contribution is -0.133. The number of Topliss-reactive ketones (excluding diaryl/α,β-unsaturated/α-hetero) is 1. The molecule has 142 valence electrons. The van der Waals surface area contributed by atoms with Gasteiger partial charge < -0.3 is 9.47 Å². The predicted octanol–water partition coefficient (Wildman–Crippen LogP) is 3.12. The number of amides is 1. The van der Waals surface area contributed by atoms with Crippen molar-refractivity contribution in [3.05, 3.63) is 82.6 Å². The molecule has 5 nitrogen and oxygen atoms in total. The zero-order chi connectivity index (χ0) is 19.5. The quantitative estimate of drug-likeness (QED) is 0.659. The largest absolute Gasteiger partial charge is 0.340 e. The fourth-order valence-electron chi connectivity index (χ4n) is 3.90. The van der Waals surface area contributed by atoms with Crippen molar-refractivity contribution >= 4 is 22.6 Å². The van der Waals surface area contributed by atoms with Crippen LogP contribution in [-0.2, 0) is 11.3 Å². The molecule has 0 aliphatic carbocycles. The van der Waals surface area contributed by atoms with E-state index in [1.807, 2.05) is 53.1 Å². The van der Waals surface area contributed by atoms with Crippen LogP contribution in [0.3, 0.4) is 0 Å². The van der Waals surface area contributed by atoms with Gasteiger partial charge in [-0.1, -0.05) is 42.5 Å². The first-order valence-electron chi connectivity index (χ1n) is 9.59. The van der Waals surface area contributed by atoms with Crippen LogP contribution < -0.4 is 5.43 Å². The molecule has 1 saturated heterocycles. The molecule has 2 aromatic carbocycles. The molecule has 0 radical (unpaired) electrons. The van der Waals surface area contributed by atoms with E-state index in [2.05, 4.69) is 0 Å². The Balaban J connectivity index is 1.50. The minimum Gasteiger partial charge on any atom is -0.340 e. The zero-order valence-electron chi connectivity index (χ0n) is 15.6. The average Bonchev–Trinajstić information content (AvgIpc) is 2.76. The van der Waals surface area contributed by atoms with E-state index < -0.39 is 0 Å².